The first-order valence-electron chi connectivity index (χ1n) is 6.21. The SMILES string of the molecule is C#Cc1c(C(=O)N=C(N)N)cc(S(C)(=O)=O)cc1-n1ccnc1. The van der Waals surface area contributed by atoms with Gasteiger partial charge in [0.2, 0.25) is 0 Å². The van der Waals surface area contributed by atoms with Crippen LogP contribution in [-0.2, 0) is 9.84 Å². The summed E-state index contributed by atoms with van der Waals surface area (Å²) in [6.45, 7) is 0. The highest BCUT2D eigenvalue weighted by Crippen LogP contribution is 2.24. The van der Waals surface area contributed by atoms with Gasteiger partial charge in [0.25, 0.3) is 5.91 Å². The lowest BCUT2D eigenvalue weighted by molar-refractivity contribution is 0.100. The number of imidazole rings is 1. The van der Waals surface area contributed by atoms with E-state index >= 15 is 0 Å². The molecule has 0 bridgehead atoms. The summed E-state index contributed by atoms with van der Waals surface area (Å²) in [7, 11) is -3.59. The second-order valence-electron chi connectivity index (χ2n) is 4.59. The van der Waals surface area contributed by atoms with Crippen molar-refractivity contribution in [2.75, 3.05) is 6.26 Å². The van der Waals surface area contributed by atoms with Crippen molar-refractivity contribution in [2.45, 2.75) is 4.90 Å². The Morgan fingerprint density at radius 2 is 2.09 bits per heavy atom. The summed E-state index contributed by atoms with van der Waals surface area (Å²) in [6.07, 6.45) is 11.0. The number of rotatable bonds is 3. The fraction of sp³-hybridized carbons (Fsp3) is 0.0714. The van der Waals surface area contributed by atoms with Gasteiger partial charge in [0.05, 0.1) is 28.0 Å². The molecule has 0 aliphatic carbocycles. The van der Waals surface area contributed by atoms with E-state index in [1.807, 2.05) is 0 Å². The van der Waals surface area contributed by atoms with E-state index in [2.05, 4.69) is 15.9 Å². The highest BCUT2D eigenvalue weighted by atomic mass is 32.2. The number of hydrogen-bond acceptors (Lipinski definition) is 4. The van der Waals surface area contributed by atoms with Crippen molar-refractivity contribution in [1.29, 1.82) is 0 Å². The van der Waals surface area contributed by atoms with Crippen LogP contribution in [-0.4, -0.2) is 36.1 Å². The van der Waals surface area contributed by atoms with E-state index in [-0.39, 0.29) is 16.0 Å². The number of benzene rings is 1. The van der Waals surface area contributed by atoms with Crippen molar-refractivity contribution in [1.82, 2.24) is 9.55 Å². The van der Waals surface area contributed by atoms with Gasteiger partial charge < -0.3 is 16.0 Å². The normalized spacial score (nSPS) is 10.8. The molecule has 0 spiro atoms. The Morgan fingerprint density at radius 1 is 1.39 bits per heavy atom. The molecule has 0 atom stereocenters. The quantitative estimate of drug-likeness (QED) is 0.449. The molecule has 0 aliphatic rings. The summed E-state index contributed by atoms with van der Waals surface area (Å²) in [5.74, 6) is 1.09. The molecule has 118 valence electrons. The average Bonchev–Trinajstić information content (AvgIpc) is 2.98. The van der Waals surface area contributed by atoms with E-state index < -0.39 is 21.7 Å². The first-order chi connectivity index (χ1) is 10.7. The van der Waals surface area contributed by atoms with E-state index in [9.17, 15) is 13.2 Å². The zero-order valence-corrected chi connectivity index (χ0v) is 12.9. The Kier molecular flexibility index (Phi) is 4.20. The molecular weight excluding hydrogens is 318 g/mol. The standard InChI is InChI=1S/C14H13N5O3S/c1-3-10-11(13(20)18-14(15)16)6-9(23(2,21)22)7-12(10)19-5-4-17-8-19/h1,4-8H,2H3,(H4,15,16,18,20). The fourth-order valence-corrected chi connectivity index (χ4v) is 2.58. The minimum Gasteiger partial charge on any atom is -0.370 e. The van der Waals surface area contributed by atoms with Crippen molar-refractivity contribution in [2.24, 2.45) is 16.5 Å². The van der Waals surface area contributed by atoms with Gasteiger partial charge in [0.1, 0.15) is 0 Å². The van der Waals surface area contributed by atoms with Crippen LogP contribution < -0.4 is 11.5 Å². The summed E-state index contributed by atoms with van der Waals surface area (Å²) >= 11 is 0. The van der Waals surface area contributed by atoms with Crippen LogP contribution in [0.25, 0.3) is 5.69 Å². The van der Waals surface area contributed by atoms with Crippen molar-refractivity contribution in [3.63, 3.8) is 0 Å². The van der Waals surface area contributed by atoms with Gasteiger partial charge >= 0.3 is 0 Å². The summed E-state index contributed by atoms with van der Waals surface area (Å²) < 4.78 is 25.3. The zero-order valence-electron chi connectivity index (χ0n) is 12.1. The van der Waals surface area contributed by atoms with Crippen LogP contribution in [0.3, 0.4) is 0 Å². The molecule has 0 saturated heterocycles. The zero-order chi connectivity index (χ0) is 17.2. The number of carbonyl (C=O) groups excluding carboxylic acids is 1. The van der Waals surface area contributed by atoms with E-state index in [4.69, 9.17) is 17.9 Å². The lowest BCUT2D eigenvalue weighted by Gasteiger charge is -2.12. The van der Waals surface area contributed by atoms with E-state index in [0.29, 0.717) is 5.69 Å². The third-order valence-electron chi connectivity index (χ3n) is 2.91. The molecule has 4 N–H and O–H groups in total. The monoisotopic (exact) mass is 331 g/mol. The molecule has 1 aromatic carbocycles. The lowest BCUT2D eigenvalue weighted by Crippen LogP contribution is -2.24. The Balaban J connectivity index is 2.85. The van der Waals surface area contributed by atoms with Gasteiger partial charge in [-0.1, -0.05) is 5.92 Å². The molecule has 0 radical (unpaired) electrons. The molecule has 2 aromatic rings. The number of aromatic nitrogens is 2. The molecular formula is C14H13N5O3S. The van der Waals surface area contributed by atoms with E-state index in [1.54, 1.807) is 6.20 Å². The number of sulfone groups is 1. The summed E-state index contributed by atoms with van der Waals surface area (Å²) in [6, 6.07) is 2.51. The second-order valence-corrected chi connectivity index (χ2v) is 6.61. The maximum Gasteiger partial charge on any atom is 0.281 e. The largest absolute Gasteiger partial charge is 0.370 e. The predicted molar refractivity (Wildman–Crippen MR) is 84.7 cm³/mol. The van der Waals surface area contributed by atoms with Crippen LogP contribution in [0, 0.1) is 12.3 Å². The molecule has 8 nitrogen and oxygen atoms in total. The Labute approximate surface area is 132 Å². The first kappa shape index (κ1) is 16.3. The number of aliphatic imine (C=N–C) groups is 1. The van der Waals surface area contributed by atoms with Crippen LogP contribution in [0.4, 0.5) is 0 Å². The van der Waals surface area contributed by atoms with Crippen LogP contribution in [0.2, 0.25) is 0 Å². The summed E-state index contributed by atoms with van der Waals surface area (Å²) in [4.78, 5) is 19.4. The Bertz CT molecular complexity index is 934. The molecule has 0 saturated carbocycles. The van der Waals surface area contributed by atoms with Crippen LogP contribution in [0.15, 0.2) is 40.7 Å². The Hall–Kier alpha value is -3.12. The number of carbonyl (C=O) groups is 1. The molecule has 0 fully saturated rings. The topological polar surface area (TPSA) is 133 Å². The van der Waals surface area contributed by atoms with Crippen molar-refractivity contribution < 1.29 is 13.2 Å². The molecule has 23 heavy (non-hydrogen) atoms. The third-order valence-corrected chi connectivity index (χ3v) is 4.00. The number of nitrogens with zero attached hydrogens (tertiary/aromatic N) is 3. The summed E-state index contributed by atoms with van der Waals surface area (Å²) in [5, 5.41) is 0. The second kappa shape index (κ2) is 5.94. The number of terminal acetylenes is 1. The van der Waals surface area contributed by atoms with Gasteiger partial charge in [-0.25, -0.2) is 13.4 Å². The molecule has 1 amide bonds. The van der Waals surface area contributed by atoms with Gasteiger partial charge in [-0.05, 0) is 12.1 Å². The molecule has 0 unspecified atom stereocenters. The lowest BCUT2D eigenvalue weighted by atomic mass is 10.0. The van der Waals surface area contributed by atoms with E-state index in [0.717, 1.165) is 12.3 Å². The van der Waals surface area contributed by atoms with Gasteiger partial charge in [-0.3, -0.25) is 4.79 Å². The third kappa shape index (κ3) is 3.38. The van der Waals surface area contributed by atoms with Crippen LogP contribution in [0.1, 0.15) is 15.9 Å². The number of guanidine groups is 1. The highest BCUT2D eigenvalue weighted by molar-refractivity contribution is 7.90. The van der Waals surface area contributed by atoms with Gasteiger partial charge in [-0.2, -0.15) is 4.99 Å². The number of amides is 1. The van der Waals surface area contributed by atoms with E-state index in [1.165, 1.54) is 23.2 Å². The maximum atomic E-state index is 12.2. The smallest absolute Gasteiger partial charge is 0.281 e. The Morgan fingerprint density at radius 3 is 2.57 bits per heavy atom. The van der Waals surface area contributed by atoms with Crippen molar-refractivity contribution >= 4 is 21.7 Å². The fourth-order valence-electron chi connectivity index (χ4n) is 1.92. The van der Waals surface area contributed by atoms with Crippen molar-refractivity contribution in [3.8, 4) is 18.0 Å². The summed E-state index contributed by atoms with van der Waals surface area (Å²) in [5.41, 5.74) is 10.8. The maximum absolute atomic E-state index is 12.2. The van der Waals surface area contributed by atoms with Crippen LogP contribution in [0.5, 0.6) is 0 Å². The van der Waals surface area contributed by atoms with Gasteiger partial charge in [0, 0.05) is 18.6 Å². The predicted octanol–water partition coefficient (Wildman–Crippen LogP) is -0.329. The molecule has 0 aliphatic heterocycles. The van der Waals surface area contributed by atoms with Gasteiger partial charge in [0.15, 0.2) is 15.8 Å². The molecule has 9 heteroatoms. The number of nitrogens with two attached hydrogens (primary N) is 2. The van der Waals surface area contributed by atoms with Crippen molar-refractivity contribution in [3.05, 3.63) is 42.0 Å². The molecule has 1 heterocycles. The van der Waals surface area contributed by atoms with Crippen LogP contribution >= 0.6 is 0 Å². The first-order valence-corrected chi connectivity index (χ1v) is 8.10. The molecule has 1 aromatic heterocycles. The average molecular weight is 331 g/mol. The molecule has 2 rings (SSSR count). The minimum absolute atomic E-state index is 0.0886. The van der Waals surface area contributed by atoms with Gasteiger partial charge in [-0.15, -0.1) is 6.42 Å². The number of hydrogen-bond donors (Lipinski definition) is 2. The minimum atomic E-state index is -3.59. The highest BCUT2D eigenvalue weighted by Gasteiger charge is 2.20.